The van der Waals surface area contributed by atoms with E-state index < -0.39 is 0 Å². The molecule has 1 aliphatic heterocycles. The van der Waals surface area contributed by atoms with Gasteiger partial charge in [-0.05, 0) is 38.8 Å². The number of hydrogen-bond donors (Lipinski definition) is 0. The lowest BCUT2D eigenvalue weighted by molar-refractivity contribution is 0.175. The van der Waals surface area contributed by atoms with E-state index in [1.54, 1.807) is 0 Å². The predicted molar refractivity (Wildman–Crippen MR) is 54.3 cm³/mol. The first-order valence-electron chi connectivity index (χ1n) is 5.46. The van der Waals surface area contributed by atoms with Crippen molar-refractivity contribution in [1.29, 1.82) is 0 Å². The maximum absolute atomic E-state index is 2.66. The van der Waals surface area contributed by atoms with Crippen molar-refractivity contribution in [2.24, 2.45) is 5.92 Å². The molecule has 1 heterocycles. The summed E-state index contributed by atoms with van der Waals surface area (Å²) in [5, 5.41) is 0. The summed E-state index contributed by atoms with van der Waals surface area (Å²) in [6, 6.07) is 0.781. The molecule has 0 aliphatic carbocycles. The molecule has 1 atom stereocenters. The molecule has 1 nitrogen and oxygen atoms in total. The van der Waals surface area contributed by atoms with Crippen LogP contribution in [0.15, 0.2) is 0 Å². The van der Waals surface area contributed by atoms with Crippen LogP contribution in [-0.2, 0) is 0 Å². The lowest BCUT2D eigenvalue weighted by atomic mass is 10.0. The summed E-state index contributed by atoms with van der Waals surface area (Å²) < 4.78 is 0. The predicted octanol–water partition coefficient (Wildman–Crippen LogP) is 2.91. The van der Waals surface area contributed by atoms with Gasteiger partial charge in [-0.15, -0.1) is 0 Å². The zero-order valence-corrected chi connectivity index (χ0v) is 8.84. The second-order valence-corrected chi connectivity index (χ2v) is 4.43. The Morgan fingerprint density at radius 2 is 1.33 bits per heavy atom. The van der Waals surface area contributed by atoms with E-state index in [0.717, 1.165) is 12.0 Å². The van der Waals surface area contributed by atoms with Crippen molar-refractivity contribution in [2.75, 3.05) is 13.1 Å². The molecule has 0 unspecified atom stereocenters. The van der Waals surface area contributed by atoms with Crippen molar-refractivity contribution < 1.29 is 0 Å². The number of hydrogen-bond acceptors (Lipinski definition) is 1. The summed E-state index contributed by atoms with van der Waals surface area (Å²) >= 11 is 0. The molecule has 0 amide bonds. The van der Waals surface area contributed by atoms with Crippen molar-refractivity contribution in [3.8, 4) is 0 Å². The quantitative estimate of drug-likeness (QED) is 0.614. The Bertz CT molecular complexity index is 112. The second-order valence-electron chi connectivity index (χ2n) is 4.43. The minimum absolute atomic E-state index is 0.781. The van der Waals surface area contributed by atoms with Gasteiger partial charge in [0.05, 0.1) is 0 Å². The van der Waals surface area contributed by atoms with Crippen molar-refractivity contribution >= 4 is 0 Å². The summed E-state index contributed by atoms with van der Waals surface area (Å²) in [7, 11) is 0. The smallest absolute Gasteiger partial charge is 0.00899 e. The second kappa shape index (κ2) is 4.86. The Hall–Kier alpha value is -0.0400. The monoisotopic (exact) mass is 169 g/mol. The van der Waals surface area contributed by atoms with E-state index in [1.165, 1.54) is 38.8 Å². The first kappa shape index (κ1) is 10.0. The van der Waals surface area contributed by atoms with E-state index in [1.807, 2.05) is 0 Å². The molecule has 0 bridgehead atoms. The number of rotatable bonds is 2. The van der Waals surface area contributed by atoms with Gasteiger partial charge in [0.2, 0.25) is 0 Å². The SMILES string of the molecule is CC(C)[C@@H](C)N1CCCCCC1. The fourth-order valence-electron chi connectivity index (χ4n) is 1.92. The van der Waals surface area contributed by atoms with Gasteiger partial charge in [0.15, 0.2) is 0 Å². The minimum Gasteiger partial charge on any atom is -0.300 e. The van der Waals surface area contributed by atoms with Gasteiger partial charge in [-0.25, -0.2) is 0 Å². The van der Waals surface area contributed by atoms with Crippen molar-refractivity contribution in [3.63, 3.8) is 0 Å². The molecule has 1 heteroatoms. The zero-order chi connectivity index (χ0) is 8.97. The van der Waals surface area contributed by atoms with Gasteiger partial charge in [-0.2, -0.15) is 0 Å². The lowest BCUT2D eigenvalue weighted by Crippen LogP contribution is -2.37. The Morgan fingerprint density at radius 1 is 0.833 bits per heavy atom. The van der Waals surface area contributed by atoms with Gasteiger partial charge in [-0.1, -0.05) is 26.7 Å². The summed E-state index contributed by atoms with van der Waals surface area (Å²) in [6.07, 6.45) is 5.72. The number of likely N-dealkylation sites (tertiary alicyclic amines) is 1. The van der Waals surface area contributed by atoms with E-state index in [9.17, 15) is 0 Å². The molecule has 1 saturated heterocycles. The molecule has 1 fully saturated rings. The van der Waals surface area contributed by atoms with Crippen LogP contribution in [-0.4, -0.2) is 24.0 Å². The van der Waals surface area contributed by atoms with E-state index in [2.05, 4.69) is 25.7 Å². The molecule has 0 aromatic carbocycles. The molecule has 0 radical (unpaired) electrons. The van der Waals surface area contributed by atoms with Crippen LogP contribution in [0.1, 0.15) is 46.5 Å². The third-order valence-electron chi connectivity index (χ3n) is 3.18. The van der Waals surface area contributed by atoms with Crippen LogP contribution < -0.4 is 0 Å². The summed E-state index contributed by atoms with van der Waals surface area (Å²) in [5.74, 6) is 0.808. The highest BCUT2D eigenvalue weighted by molar-refractivity contribution is 4.72. The highest BCUT2D eigenvalue weighted by Gasteiger charge is 2.17. The van der Waals surface area contributed by atoms with Gasteiger partial charge >= 0.3 is 0 Å². The molecular weight excluding hydrogens is 146 g/mol. The van der Waals surface area contributed by atoms with Crippen LogP contribution in [0.2, 0.25) is 0 Å². The van der Waals surface area contributed by atoms with Crippen molar-refractivity contribution in [2.45, 2.75) is 52.5 Å². The van der Waals surface area contributed by atoms with Gasteiger partial charge in [0, 0.05) is 6.04 Å². The van der Waals surface area contributed by atoms with Gasteiger partial charge < -0.3 is 4.90 Å². The molecule has 12 heavy (non-hydrogen) atoms. The molecular formula is C11H23N. The highest BCUT2D eigenvalue weighted by atomic mass is 15.1. The molecule has 1 aliphatic rings. The first-order chi connectivity index (χ1) is 5.72. The Kier molecular flexibility index (Phi) is 4.07. The maximum atomic E-state index is 2.66. The largest absolute Gasteiger partial charge is 0.300 e. The topological polar surface area (TPSA) is 3.24 Å². The Morgan fingerprint density at radius 3 is 1.75 bits per heavy atom. The fraction of sp³-hybridized carbons (Fsp3) is 1.00. The van der Waals surface area contributed by atoms with Crippen LogP contribution in [0.25, 0.3) is 0 Å². The molecule has 0 spiro atoms. The van der Waals surface area contributed by atoms with E-state index in [-0.39, 0.29) is 0 Å². The van der Waals surface area contributed by atoms with Crippen LogP contribution in [0, 0.1) is 5.92 Å². The number of nitrogens with zero attached hydrogens (tertiary/aromatic N) is 1. The zero-order valence-electron chi connectivity index (χ0n) is 8.84. The molecule has 1 rings (SSSR count). The van der Waals surface area contributed by atoms with Crippen LogP contribution in [0.4, 0.5) is 0 Å². The van der Waals surface area contributed by atoms with Crippen molar-refractivity contribution in [1.82, 2.24) is 4.90 Å². The van der Waals surface area contributed by atoms with Gasteiger partial charge in [0.25, 0.3) is 0 Å². The van der Waals surface area contributed by atoms with E-state index in [0.29, 0.717) is 0 Å². The molecule has 0 aromatic heterocycles. The average Bonchev–Trinajstić information content (AvgIpc) is 2.30. The summed E-state index contributed by atoms with van der Waals surface area (Å²) in [6.45, 7) is 9.69. The maximum Gasteiger partial charge on any atom is 0.00899 e. The van der Waals surface area contributed by atoms with Crippen molar-refractivity contribution in [3.05, 3.63) is 0 Å². The van der Waals surface area contributed by atoms with Crippen LogP contribution in [0.3, 0.4) is 0 Å². The van der Waals surface area contributed by atoms with Gasteiger partial charge in [-0.3, -0.25) is 0 Å². The van der Waals surface area contributed by atoms with E-state index >= 15 is 0 Å². The van der Waals surface area contributed by atoms with Crippen LogP contribution >= 0.6 is 0 Å². The fourth-order valence-corrected chi connectivity index (χ4v) is 1.92. The Balaban J connectivity index is 2.37. The molecule has 0 N–H and O–H groups in total. The standard InChI is InChI=1S/C11H23N/c1-10(2)11(3)12-8-6-4-5-7-9-12/h10-11H,4-9H2,1-3H3/t11-/m1/s1. The molecule has 0 aromatic rings. The Labute approximate surface area is 77.1 Å². The average molecular weight is 169 g/mol. The molecule has 72 valence electrons. The van der Waals surface area contributed by atoms with Gasteiger partial charge in [0.1, 0.15) is 0 Å². The normalized spacial score (nSPS) is 24.0. The lowest BCUT2D eigenvalue weighted by Gasteiger charge is -2.30. The van der Waals surface area contributed by atoms with Crippen LogP contribution in [0.5, 0.6) is 0 Å². The highest BCUT2D eigenvalue weighted by Crippen LogP contribution is 2.16. The minimum atomic E-state index is 0.781. The summed E-state index contributed by atoms with van der Waals surface area (Å²) in [4.78, 5) is 2.66. The summed E-state index contributed by atoms with van der Waals surface area (Å²) in [5.41, 5.74) is 0. The first-order valence-corrected chi connectivity index (χ1v) is 5.46. The molecule has 0 saturated carbocycles. The third-order valence-corrected chi connectivity index (χ3v) is 3.18. The van der Waals surface area contributed by atoms with E-state index in [4.69, 9.17) is 0 Å². The third kappa shape index (κ3) is 2.78.